The van der Waals surface area contributed by atoms with Crippen molar-refractivity contribution in [3.05, 3.63) is 29.8 Å². The molecule has 1 aliphatic heterocycles. The topological polar surface area (TPSA) is 75.7 Å². The van der Waals surface area contributed by atoms with Gasteiger partial charge in [0.25, 0.3) is 0 Å². The van der Waals surface area contributed by atoms with Gasteiger partial charge in [-0.2, -0.15) is 0 Å². The molecule has 19 heavy (non-hydrogen) atoms. The van der Waals surface area contributed by atoms with Crippen molar-refractivity contribution >= 4 is 17.8 Å². The van der Waals surface area contributed by atoms with E-state index >= 15 is 0 Å². The Hall–Kier alpha value is -2.37. The fourth-order valence-corrected chi connectivity index (χ4v) is 1.87. The second-order valence-electron chi connectivity index (χ2n) is 4.18. The van der Waals surface area contributed by atoms with Crippen LogP contribution in [0, 0.1) is 0 Å². The van der Waals surface area contributed by atoms with Gasteiger partial charge in [0.1, 0.15) is 12.2 Å². The van der Waals surface area contributed by atoms with E-state index in [1.54, 1.807) is 7.11 Å². The fourth-order valence-electron chi connectivity index (χ4n) is 1.87. The van der Waals surface area contributed by atoms with E-state index in [-0.39, 0.29) is 13.0 Å². The number of hydrogen-bond donors (Lipinski definition) is 1. The maximum absolute atomic E-state index is 11.6. The molecule has 1 N–H and O–H groups in total. The van der Waals surface area contributed by atoms with Gasteiger partial charge in [-0.1, -0.05) is 12.1 Å². The van der Waals surface area contributed by atoms with Crippen molar-refractivity contribution in [2.45, 2.75) is 12.8 Å². The number of ether oxygens (including phenoxy) is 1. The van der Waals surface area contributed by atoms with E-state index in [1.807, 2.05) is 24.3 Å². The highest BCUT2D eigenvalue weighted by atomic mass is 16.5. The van der Waals surface area contributed by atoms with E-state index in [1.165, 1.54) is 0 Å². The molecule has 0 aromatic heterocycles. The Morgan fingerprint density at radius 1 is 1.32 bits per heavy atom. The zero-order valence-electron chi connectivity index (χ0n) is 10.5. The predicted molar refractivity (Wildman–Crippen MR) is 66.6 cm³/mol. The first-order valence-electron chi connectivity index (χ1n) is 5.87. The van der Waals surface area contributed by atoms with Crippen molar-refractivity contribution in [1.82, 2.24) is 10.2 Å². The molecule has 1 aromatic rings. The standard InChI is InChI=1S/C13H14N2O4/c1-19-10-4-2-3-9(7-10)5-6-15-12(17)8-11(16)14-13(15)18/h2-4,7H,5-6,8H2,1H3,(H,14,16,18). The second-order valence-corrected chi connectivity index (χ2v) is 4.18. The summed E-state index contributed by atoms with van der Waals surface area (Å²) in [4.78, 5) is 35.1. The maximum atomic E-state index is 11.6. The average Bonchev–Trinajstić information content (AvgIpc) is 2.37. The highest BCUT2D eigenvalue weighted by molar-refractivity contribution is 6.14. The van der Waals surface area contributed by atoms with E-state index in [0.717, 1.165) is 16.2 Å². The Balaban J connectivity index is 1.99. The minimum atomic E-state index is -0.649. The molecule has 100 valence electrons. The summed E-state index contributed by atoms with van der Waals surface area (Å²) in [5.74, 6) is -0.286. The Bertz CT molecular complexity index is 507. The minimum absolute atomic E-state index is 0.241. The molecular weight excluding hydrogens is 248 g/mol. The molecular formula is C13H14N2O4. The van der Waals surface area contributed by atoms with Crippen LogP contribution in [0.5, 0.6) is 5.75 Å². The summed E-state index contributed by atoms with van der Waals surface area (Å²) in [6.07, 6.45) is 0.244. The molecule has 6 nitrogen and oxygen atoms in total. The van der Waals surface area contributed by atoms with Gasteiger partial charge in [-0.15, -0.1) is 0 Å². The number of amides is 4. The third-order valence-electron chi connectivity index (χ3n) is 2.86. The SMILES string of the molecule is COc1cccc(CCN2C(=O)CC(=O)NC2=O)c1. The number of carbonyl (C=O) groups excluding carboxylic acids is 3. The molecule has 1 aliphatic rings. The highest BCUT2D eigenvalue weighted by Gasteiger charge is 2.30. The largest absolute Gasteiger partial charge is 0.497 e. The number of carbonyl (C=O) groups is 3. The highest BCUT2D eigenvalue weighted by Crippen LogP contribution is 2.14. The van der Waals surface area contributed by atoms with Gasteiger partial charge in [0.15, 0.2) is 0 Å². The molecule has 1 saturated heterocycles. The first kappa shape index (κ1) is 13.1. The lowest BCUT2D eigenvalue weighted by atomic mass is 10.1. The van der Waals surface area contributed by atoms with Gasteiger partial charge in [0.2, 0.25) is 11.8 Å². The van der Waals surface area contributed by atoms with E-state index in [4.69, 9.17) is 4.74 Å². The number of barbiturate groups is 1. The lowest BCUT2D eigenvalue weighted by molar-refractivity contribution is -0.136. The van der Waals surface area contributed by atoms with Crippen LogP contribution < -0.4 is 10.1 Å². The van der Waals surface area contributed by atoms with Crippen LogP contribution in [0.1, 0.15) is 12.0 Å². The monoisotopic (exact) mass is 262 g/mol. The molecule has 1 heterocycles. The smallest absolute Gasteiger partial charge is 0.330 e. The van der Waals surface area contributed by atoms with Crippen molar-refractivity contribution in [2.24, 2.45) is 0 Å². The van der Waals surface area contributed by atoms with E-state index in [0.29, 0.717) is 6.42 Å². The van der Waals surface area contributed by atoms with Crippen molar-refractivity contribution in [2.75, 3.05) is 13.7 Å². The molecule has 0 saturated carbocycles. The summed E-state index contributed by atoms with van der Waals surface area (Å²) in [5.41, 5.74) is 0.955. The average molecular weight is 262 g/mol. The zero-order valence-corrected chi connectivity index (χ0v) is 10.5. The lowest BCUT2D eigenvalue weighted by Gasteiger charge is -2.24. The number of rotatable bonds is 4. The Kier molecular flexibility index (Phi) is 3.79. The van der Waals surface area contributed by atoms with Gasteiger partial charge in [0.05, 0.1) is 7.11 Å². The first-order valence-corrected chi connectivity index (χ1v) is 5.87. The summed E-state index contributed by atoms with van der Waals surface area (Å²) in [6.45, 7) is 0.241. The Labute approximate surface area is 110 Å². The van der Waals surface area contributed by atoms with Crippen molar-refractivity contribution in [3.8, 4) is 5.75 Å². The van der Waals surface area contributed by atoms with Crippen molar-refractivity contribution in [1.29, 1.82) is 0 Å². The molecule has 0 unspecified atom stereocenters. The summed E-state index contributed by atoms with van der Waals surface area (Å²) < 4.78 is 5.10. The molecule has 0 spiro atoms. The molecule has 0 bridgehead atoms. The minimum Gasteiger partial charge on any atom is -0.497 e. The number of nitrogens with zero attached hydrogens (tertiary/aromatic N) is 1. The third kappa shape index (κ3) is 3.09. The quantitative estimate of drug-likeness (QED) is 0.811. The van der Waals surface area contributed by atoms with Crippen LogP contribution in [0.3, 0.4) is 0 Å². The van der Waals surface area contributed by atoms with Gasteiger partial charge in [-0.25, -0.2) is 4.79 Å². The third-order valence-corrected chi connectivity index (χ3v) is 2.86. The molecule has 4 amide bonds. The number of benzene rings is 1. The Morgan fingerprint density at radius 3 is 2.79 bits per heavy atom. The summed E-state index contributed by atoms with van der Waals surface area (Å²) in [6, 6.07) is 6.75. The number of methoxy groups -OCH3 is 1. The van der Waals surface area contributed by atoms with Gasteiger partial charge in [-0.05, 0) is 24.1 Å². The number of urea groups is 1. The predicted octanol–water partition coefficient (Wildman–Crippen LogP) is 0.706. The van der Waals surface area contributed by atoms with E-state index < -0.39 is 17.8 Å². The molecule has 0 aliphatic carbocycles. The maximum Gasteiger partial charge on any atom is 0.330 e. The van der Waals surface area contributed by atoms with Crippen LogP contribution in [-0.4, -0.2) is 36.4 Å². The second kappa shape index (κ2) is 5.51. The Morgan fingerprint density at radius 2 is 2.11 bits per heavy atom. The molecule has 0 atom stereocenters. The fraction of sp³-hybridized carbons (Fsp3) is 0.308. The molecule has 0 radical (unpaired) electrons. The van der Waals surface area contributed by atoms with Crippen molar-refractivity contribution in [3.63, 3.8) is 0 Å². The van der Waals surface area contributed by atoms with Crippen LogP contribution >= 0.6 is 0 Å². The van der Waals surface area contributed by atoms with Crippen LogP contribution in [0.25, 0.3) is 0 Å². The van der Waals surface area contributed by atoms with Crippen LogP contribution in [0.4, 0.5) is 4.79 Å². The zero-order chi connectivity index (χ0) is 13.8. The molecule has 2 rings (SSSR count). The van der Waals surface area contributed by atoms with Crippen LogP contribution in [0.2, 0.25) is 0 Å². The normalized spacial score (nSPS) is 15.4. The first-order chi connectivity index (χ1) is 9.10. The van der Waals surface area contributed by atoms with Gasteiger partial charge < -0.3 is 4.74 Å². The summed E-state index contributed by atoms with van der Waals surface area (Å²) >= 11 is 0. The van der Waals surface area contributed by atoms with Crippen LogP contribution in [-0.2, 0) is 16.0 Å². The summed E-state index contributed by atoms with van der Waals surface area (Å²) in [5, 5.41) is 2.12. The summed E-state index contributed by atoms with van der Waals surface area (Å²) in [7, 11) is 1.58. The van der Waals surface area contributed by atoms with Gasteiger partial charge >= 0.3 is 6.03 Å². The molecule has 1 fully saturated rings. The van der Waals surface area contributed by atoms with E-state index in [2.05, 4.69) is 5.32 Å². The van der Waals surface area contributed by atoms with E-state index in [9.17, 15) is 14.4 Å². The van der Waals surface area contributed by atoms with Gasteiger partial charge in [0, 0.05) is 6.54 Å². The van der Waals surface area contributed by atoms with Crippen LogP contribution in [0.15, 0.2) is 24.3 Å². The number of nitrogens with one attached hydrogen (secondary N) is 1. The van der Waals surface area contributed by atoms with Gasteiger partial charge in [-0.3, -0.25) is 19.8 Å². The number of hydrogen-bond acceptors (Lipinski definition) is 4. The molecule has 1 aromatic carbocycles. The van der Waals surface area contributed by atoms with Crippen molar-refractivity contribution < 1.29 is 19.1 Å². The number of imide groups is 2. The molecule has 6 heteroatoms. The lowest BCUT2D eigenvalue weighted by Crippen LogP contribution is -2.53.